The van der Waals surface area contributed by atoms with Crippen molar-refractivity contribution in [3.63, 3.8) is 0 Å². The largest absolute Gasteiger partial charge is 0.352 e. The van der Waals surface area contributed by atoms with Gasteiger partial charge in [-0.2, -0.15) is 0 Å². The number of aryl methyl sites for hydroxylation is 1. The molecule has 0 fully saturated rings. The first-order chi connectivity index (χ1) is 8.19. The Bertz CT molecular complexity index is 423. The van der Waals surface area contributed by atoms with E-state index in [4.69, 9.17) is 0 Å². The number of nitrogens with zero attached hydrogens (tertiary/aromatic N) is 2. The zero-order chi connectivity index (χ0) is 12.3. The maximum Gasteiger partial charge on any atom is 0.129 e. The van der Waals surface area contributed by atoms with Gasteiger partial charge in [-0.1, -0.05) is 11.6 Å². The molecule has 0 saturated carbocycles. The Morgan fingerprint density at radius 3 is 2.88 bits per heavy atom. The predicted octanol–water partition coefficient (Wildman–Crippen LogP) is 2.27. The maximum absolute atomic E-state index is 4.65. The Labute approximate surface area is 104 Å². The van der Waals surface area contributed by atoms with Crippen LogP contribution in [0.15, 0.2) is 23.8 Å². The standard InChI is InChI=1S/C14H21N3/c1-11-5-4-6-17(10-11)14-8-13(9-15-3)7-12(2)16-14/h5,7-8,15H,4,6,9-10H2,1-3H3. The van der Waals surface area contributed by atoms with Gasteiger partial charge in [-0.15, -0.1) is 0 Å². The SMILES string of the molecule is CNCc1cc(C)nc(N2CCC=C(C)C2)c1. The van der Waals surface area contributed by atoms with E-state index in [-0.39, 0.29) is 0 Å². The third-order valence-corrected chi connectivity index (χ3v) is 3.04. The molecule has 2 rings (SSSR count). The molecule has 1 aromatic rings. The van der Waals surface area contributed by atoms with E-state index in [1.807, 2.05) is 7.05 Å². The molecule has 0 saturated heterocycles. The zero-order valence-electron chi connectivity index (χ0n) is 11.0. The highest BCUT2D eigenvalue weighted by Gasteiger charge is 2.12. The van der Waals surface area contributed by atoms with E-state index in [1.54, 1.807) is 0 Å². The molecule has 0 unspecified atom stereocenters. The molecule has 0 radical (unpaired) electrons. The molecule has 17 heavy (non-hydrogen) atoms. The maximum atomic E-state index is 4.65. The smallest absolute Gasteiger partial charge is 0.129 e. The molecule has 0 spiro atoms. The van der Waals surface area contributed by atoms with E-state index in [2.05, 4.69) is 47.3 Å². The van der Waals surface area contributed by atoms with Crippen LogP contribution in [0.4, 0.5) is 5.82 Å². The number of anilines is 1. The molecular weight excluding hydrogens is 210 g/mol. The fraction of sp³-hybridized carbons (Fsp3) is 0.500. The second-order valence-corrected chi connectivity index (χ2v) is 4.77. The van der Waals surface area contributed by atoms with Gasteiger partial charge in [0.15, 0.2) is 0 Å². The second kappa shape index (κ2) is 5.32. The molecule has 0 atom stereocenters. The molecule has 3 nitrogen and oxygen atoms in total. The monoisotopic (exact) mass is 231 g/mol. The first-order valence-corrected chi connectivity index (χ1v) is 6.22. The number of hydrogen-bond donors (Lipinski definition) is 1. The normalized spacial score (nSPS) is 15.9. The first-order valence-electron chi connectivity index (χ1n) is 6.22. The van der Waals surface area contributed by atoms with Crippen LogP contribution in [0.25, 0.3) is 0 Å². The molecule has 0 aromatic carbocycles. The molecule has 0 bridgehead atoms. The Hall–Kier alpha value is -1.35. The summed E-state index contributed by atoms with van der Waals surface area (Å²) in [4.78, 5) is 7.01. The number of nitrogens with one attached hydrogen (secondary N) is 1. The van der Waals surface area contributed by atoms with Crippen LogP contribution in [0.3, 0.4) is 0 Å². The van der Waals surface area contributed by atoms with Crippen LogP contribution in [0.2, 0.25) is 0 Å². The lowest BCUT2D eigenvalue weighted by Gasteiger charge is -2.27. The molecular formula is C14H21N3. The number of hydrogen-bond acceptors (Lipinski definition) is 3. The van der Waals surface area contributed by atoms with Crippen molar-refractivity contribution in [2.45, 2.75) is 26.8 Å². The van der Waals surface area contributed by atoms with Gasteiger partial charge in [0.05, 0.1) is 0 Å². The molecule has 0 aliphatic carbocycles. The fourth-order valence-corrected chi connectivity index (χ4v) is 2.30. The lowest BCUT2D eigenvalue weighted by molar-refractivity contribution is 0.768. The third kappa shape index (κ3) is 3.07. The average Bonchev–Trinajstić information content (AvgIpc) is 2.28. The van der Waals surface area contributed by atoms with Crippen molar-refractivity contribution in [2.75, 3.05) is 25.0 Å². The molecule has 1 aliphatic rings. The highest BCUT2D eigenvalue weighted by Crippen LogP contribution is 2.19. The van der Waals surface area contributed by atoms with Crippen LogP contribution >= 0.6 is 0 Å². The Balaban J connectivity index is 2.22. The van der Waals surface area contributed by atoms with E-state index < -0.39 is 0 Å². The number of rotatable bonds is 3. The zero-order valence-corrected chi connectivity index (χ0v) is 11.0. The molecule has 3 heteroatoms. The van der Waals surface area contributed by atoms with Crippen molar-refractivity contribution in [1.29, 1.82) is 0 Å². The van der Waals surface area contributed by atoms with Crippen molar-refractivity contribution in [3.8, 4) is 0 Å². The Morgan fingerprint density at radius 2 is 2.18 bits per heavy atom. The first kappa shape index (κ1) is 12.1. The highest BCUT2D eigenvalue weighted by molar-refractivity contribution is 5.45. The van der Waals surface area contributed by atoms with Crippen molar-refractivity contribution < 1.29 is 0 Å². The van der Waals surface area contributed by atoms with E-state index in [9.17, 15) is 0 Å². The summed E-state index contributed by atoms with van der Waals surface area (Å²) in [5.74, 6) is 1.11. The van der Waals surface area contributed by atoms with Crippen LogP contribution in [-0.2, 0) is 6.54 Å². The molecule has 1 N–H and O–H groups in total. The van der Waals surface area contributed by atoms with Gasteiger partial charge >= 0.3 is 0 Å². The summed E-state index contributed by atoms with van der Waals surface area (Å²) in [7, 11) is 1.98. The van der Waals surface area contributed by atoms with E-state index in [1.165, 1.54) is 11.1 Å². The molecule has 92 valence electrons. The Morgan fingerprint density at radius 1 is 1.35 bits per heavy atom. The van der Waals surface area contributed by atoms with Crippen LogP contribution in [0, 0.1) is 6.92 Å². The van der Waals surface area contributed by atoms with Gasteiger partial charge in [0.25, 0.3) is 0 Å². The topological polar surface area (TPSA) is 28.2 Å². The van der Waals surface area contributed by atoms with Gasteiger partial charge < -0.3 is 10.2 Å². The van der Waals surface area contributed by atoms with E-state index in [0.29, 0.717) is 0 Å². The molecule has 1 aliphatic heterocycles. The van der Waals surface area contributed by atoms with Gasteiger partial charge in [-0.25, -0.2) is 4.98 Å². The second-order valence-electron chi connectivity index (χ2n) is 4.77. The van der Waals surface area contributed by atoms with E-state index in [0.717, 1.165) is 37.6 Å². The minimum absolute atomic E-state index is 0.902. The number of aromatic nitrogens is 1. The summed E-state index contributed by atoms with van der Waals surface area (Å²) in [5.41, 5.74) is 3.84. The third-order valence-electron chi connectivity index (χ3n) is 3.04. The summed E-state index contributed by atoms with van der Waals surface area (Å²) >= 11 is 0. The van der Waals surface area contributed by atoms with Crippen LogP contribution < -0.4 is 10.2 Å². The van der Waals surface area contributed by atoms with Gasteiger partial charge in [-0.3, -0.25) is 0 Å². The van der Waals surface area contributed by atoms with Crippen LogP contribution in [-0.4, -0.2) is 25.1 Å². The van der Waals surface area contributed by atoms with Crippen molar-refractivity contribution in [3.05, 3.63) is 35.0 Å². The van der Waals surface area contributed by atoms with Gasteiger partial charge in [-0.05, 0) is 45.0 Å². The average molecular weight is 231 g/mol. The quantitative estimate of drug-likeness (QED) is 0.809. The number of pyridine rings is 1. The van der Waals surface area contributed by atoms with E-state index >= 15 is 0 Å². The fourth-order valence-electron chi connectivity index (χ4n) is 2.30. The van der Waals surface area contributed by atoms with Crippen molar-refractivity contribution in [2.24, 2.45) is 0 Å². The van der Waals surface area contributed by atoms with Crippen molar-refractivity contribution in [1.82, 2.24) is 10.3 Å². The Kier molecular flexibility index (Phi) is 3.79. The summed E-state index contributed by atoms with van der Waals surface area (Å²) in [6, 6.07) is 4.34. The van der Waals surface area contributed by atoms with Crippen molar-refractivity contribution >= 4 is 5.82 Å². The minimum atomic E-state index is 0.902. The highest BCUT2D eigenvalue weighted by atomic mass is 15.2. The van der Waals surface area contributed by atoms with Gasteiger partial charge in [0.2, 0.25) is 0 Å². The predicted molar refractivity (Wildman–Crippen MR) is 72.3 cm³/mol. The molecule has 0 amide bonds. The summed E-state index contributed by atoms with van der Waals surface area (Å²) in [6.07, 6.45) is 3.45. The lowest BCUT2D eigenvalue weighted by atomic mass is 10.1. The van der Waals surface area contributed by atoms with Gasteiger partial charge in [0, 0.05) is 25.3 Å². The van der Waals surface area contributed by atoms with Crippen LogP contribution in [0.1, 0.15) is 24.6 Å². The summed E-state index contributed by atoms with van der Waals surface area (Å²) in [6.45, 7) is 7.24. The van der Waals surface area contributed by atoms with Crippen LogP contribution in [0.5, 0.6) is 0 Å². The molecule has 1 aromatic heterocycles. The summed E-state index contributed by atoms with van der Waals surface area (Å²) in [5, 5.41) is 3.19. The van der Waals surface area contributed by atoms with Gasteiger partial charge in [0.1, 0.15) is 5.82 Å². The minimum Gasteiger partial charge on any atom is -0.352 e. The molecule has 2 heterocycles. The summed E-state index contributed by atoms with van der Waals surface area (Å²) < 4.78 is 0. The lowest BCUT2D eigenvalue weighted by Crippen LogP contribution is -2.30.